The highest BCUT2D eigenvalue weighted by Gasteiger charge is 2.40. The minimum Gasteiger partial charge on any atom is -0.295 e. The monoisotopic (exact) mass is 305 g/mol. The van der Waals surface area contributed by atoms with Crippen LogP contribution in [0.25, 0.3) is 10.8 Å². The number of nitriles is 1. The van der Waals surface area contributed by atoms with Gasteiger partial charge >= 0.3 is 0 Å². The van der Waals surface area contributed by atoms with Crippen LogP contribution in [0.4, 0.5) is 5.69 Å². The van der Waals surface area contributed by atoms with Crippen molar-refractivity contribution in [2.45, 2.75) is 18.9 Å². The second-order valence-corrected chi connectivity index (χ2v) is 5.61. The van der Waals surface area contributed by atoms with Gasteiger partial charge in [0.2, 0.25) is 11.8 Å². The molecule has 2 heterocycles. The van der Waals surface area contributed by atoms with Crippen molar-refractivity contribution in [2.24, 2.45) is 0 Å². The Morgan fingerprint density at radius 2 is 2.00 bits per heavy atom. The van der Waals surface area contributed by atoms with E-state index >= 15 is 0 Å². The molecule has 6 heteroatoms. The van der Waals surface area contributed by atoms with Gasteiger partial charge in [-0.25, -0.2) is 0 Å². The van der Waals surface area contributed by atoms with Gasteiger partial charge in [-0.15, -0.1) is 0 Å². The van der Waals surface area contributed by atoms with Gasteiger partial charge in [-0.05, 0) is 24.6 Å². The quantitative estimate of drug-likeness (QED) is 0.808. The minimum atomic E-state index is -0.705. The molecule has 2 aliphatic heterocycles. The maximum Gasteiger partial charge on any atom is 0.259 e. The molecule has 0 spiro atoms. The number of rotatable bonds is 1. The van der Waals surface area contributed by atoms with Gasteiger partial charge in [0.1, 0.15) is 6.04 Å². The number of benzene rings is 2. The molecule has 0 radical (unpaired) electrons. The SMILES string of the molecule is N#Cc1ccc2c3c(cccc13)N(C1CCC(=O)NC1=O)C2=O. The van der Waals surface area contributed by atoms with Gasteiger partial charge in [-0.1, -0.05) is 12.1 Å². The summed E-state index contributed by atoms with van der Waals surface area (Å²) in [5.74, 6) is -1.05. The molecule has 2 aliphatic rings. The summed E-state index contributed by atoms with van der Waals surface area (Å²) in [5.41, 5.74) is 1.59. The van der Waals surface area contributed by atoms with Crippen molar-refractivity contribution in [2.75, 3.05) is 4.90 Å². The van der Waals surface area contributed by atoms with Crippen LogP contribution in [0.5, 0.6) is 0 Å². The van der Waals surface area contributed by atoms with E-state index in [1.54, 1.807) is 30.3 Å². The Bertz CT molecular complexity index is 942. The molecule has 0 aromatic heterocycles. The van der Waals surface area contributed by atoms with Crippen molar-refractivity contribution < 1.29 is 14.4 Å². The maximum atomic E-state index is 12.8. The Hall–Kier alpha value is -3.20. The second-order valence-electron chi connectivity index (χ2n) is 5.61. The lowest BCUT2D eigenvalue weighted by Crippen LogP contribution is -2.53. The van der Waals surface area contributed by atoms with Gasteiger partial charge in [-0.3, -0.25) is 24.6 Å². The van der Waals surface area contributed by atoms with Gasteiger partial charge in [0, 0.05) is 22.8 Å². The molecule has 0 bridgehead atoms. The van der Waals surface area contributed by atoms with E-state index < -0.39 is 11.9 Å². The van der Waals surface area contributed by atoms with Crippen molar-refractivity contribution in [1.29, 1.82) is 5.26 Å². The van der Waals surface area contributed by atoms with Crippen LogP contribution in [-0.4, -0.2) is 23.8 Å². The number of piperidine rings is 1. The molecule has 1 unspecified atom stereocenters. The molecule has 1 fully saturated rings. The molecule has 23 heavy (non-hydrogen) atoms. The van der Waals surface area contributed by atoms with Crippen molar-refractivity contribution in [3.63, 3.8) is 0 Å². The molecule has 6 nitrogen and oxygen atoms in total. The number of imide groups is 1. The standard InChI is InChI=1S/C17H11N3O3/c18-8-9-4-5-11-15-10(9)2-1-3-12(15)20(17(11)23)13-6-7-14(21)19-16(13)22/h1-5,13H,6-7H2,(H,19,21,22). The van der Waals surface area contributed by atoms with E-state index in [1.165, 1.54) is 4.90 Å². The molecular formula is C17H11N3O3. The Balaban J connectivity index is 1.90. The Labute approximate surface area is 131 Å². The Kier molecular flexibility index (Phi) is 2.72. The van der Waals surface area contributed by atoms with Gasteiger partial charge in [-0.2, -0.15) is 5.26 Å². The zero-order chi connectivity index (χ0) is 16.1. The van der Waals surface area contributed by atoms with Crippen LogP contribution in [0.15, 0.2) is 30.3 Å². The van der Waals surface area contributed by atoms with Crippen LogP contribution in [-0.2, 0) is 9.59 Å². The highest BCUT2D eigenvalue weighted by molar-refractivity contribution is 6.27. The largest absolute Gasteiger partial charge is 0.295 e. The first-order valence-electron chi connectivity index (χ1n) is 7.25. The summed E-state index contributed by atoms with van der Waals surface area (Å²) in [6, 6.07) is 9.98. The van der Waals surface area contributed by atoms with E-state index in [2.05, 4.69) is 11.4 Å². The second kappa shape index (κ2) is 4.65. The zero-order valence-corrected chi connectivity index (χ0v) is 12.0. The third-order valence-corrected chi connectivity index (χ3v) is 4.37. The van der Waals surface area contributed by atoms with Crippen molar-refractivity contribution in [1.82, 2.24) is 5.32 Å². The molecule has 0 saturated carbocycles. The molecule has 4 rings (SSSR count). The number of carbonyl (C=O) groups is 3. The van der Waals surface area contributed by atoms with Gasteiger partial charge < -0.3 is 0 Å². The van der Waals surface area contributed by atoms with Crippen LogP contribution >= 0.6 is 0 Å². The molecular weight excluding hydrogens is 294 g/mol. The highest BCUT2D eigenvalue weighted by atomic mass is 16.2. The minimum absolute atomic E-state index is 0.204. The predicted molar refractivity (Wildman–Crippen MR) is 81.6 cm³/mol. The van der Waals surface area contributed by atoms with Crippen molar-refractivity contribution >= 4 is 34.2 Å². The molecule has 3 amide bonds. The van der Waals surface area contributed by atoms with Gasteiger partial charge in [0.25, 0.3) is 5.91 Å². The summed E-state index contributed by atoms with van der Waals surface area (Å²) in [5, 5.41) is 12.9. The number of hydrogen-bond donors (Lipinski definition) is 1. The first-order valence-corrected chi connectivity index (χ1v) is 7.25. The van der Waals surface area contributed by atoms with E-state index in [-0.39, 0.29) is 18.2 Å². The first-order chi connectivity index (χ1) is 11.1. The summed E-state index contributed by atoms with van der Waals surface area (Å²) in [7, 11) is 0. The molecule has 2 aromatic rings. The van der Waals surface area contributed by atoms with Crippen LogP contribution in [0.1, 0.15) is 28.8 Å². The maximum absolute atomic E-state index is 12.8. The predicted octanol–water partition coefficient (Wildman–Crippen LogP) is 1.48. The average Bonchev–Trinajstić information content (AvgIpc) is 2.83. The number of anilines is 1. The summed E-state index contributed by atoms with van der Waals surface area (Å²) in [6.07, 6.45) is 0.502. The lowest BCUT2D eigenvalue weighted by atomic mass is 10.0. The lowest BCUT2D eigenvalue weighted by molar-refractivity contribution is -0.134. The Morgan fingerprint density at radius 3 is 2.74 bits per heavy atom. The van der Waals surface area contributed by atoms with E-state index in [4.69, 9.17) is 0 Å². The average molecular weight is 305 g/mol. The molecule has 112 valence electrons. The third kappa shape index (κ3) is 1.77. The van der Waals surface area contributed by atoms with Gasteiger partial charge in [0.05, 0.1) is 17.3 Å². The molecule has 1 atom stereocenters. The van der Waals surface area contributed by atoms with Gasteiger partial charge in [0.15, 0.2) is 0 Å². The number of carbonyl (C=O) groups excluding carboxylic acids is 3. The van der Waals surface area contributed by atoms with E-state index in [9.17, 15) is 19.6 Å². The normalized spacial score (nSPS) is 19.9. The topological polar surface area (TPSA) is 90.3 Å². The number of hydrogen-bond acceptors (Lipinski definition) is 4. The first kappa shape index (κ1) is 13.5. The summed E-state index contributed by atoms with van der Waals surface area (Å²) in [6.45, 7) is 0. The summed E-state index contributed by atoms with van der Waals surface area (Å²) in [4.78, 5) is 37.7. The smallest absolute Gasteiger partial charge is 0.259 e. The fourth-order valence-corrected chi connectivity index (χ4v) is 3.34. The molecule has 0 aliphatic carbocycles. The van der Waals surface area contributed by atoms with Crippen LogP contribution in [0.3, 0.4) is 0 Å². The number of nitrogens with one attached hydrogen (secondary N) is 1. The third-order valence-electron chi connectivity index (χ3n) is 4.37. The summed E-state index contributed by atoms with van der Waals surface area (Å²) >= 11 is 0. The number of nitrogens with zero attached hydrogens (tertiary/aromatic N) is 2. The fourth-order valence-electron chi connectivity index (χ4n) is 3.34. The van der Waals surface area contributed by atoms with Crippen LogP contribution in [0, 0.1) is 11.3 Å². The lowest BCUT2D eigenvalue weighted by Gasteiger charge is -2.30. The highest BCUT2D eigenvalue weighted by Crippen LogP contribution is 2.40. The molecule has 2 aromatic carbocycles. The zero-order valence-electron chi connectivity index (χ0n) is 12.0. The summed E-state index contributed by atoms with van der Waals surface area (Å²) < 4.78 is 0. The van der Waals surface area contributed by atoms with Crippen molar-refractivity contribution in [3.05, 3.63) is 41.5 Å². The fraction of sp³-hybridized carbons (Fsp3) is 0.176. The van der Waals surface area contributed by atoms with Crippen LogP contribution in [0.2, 0.25) is 0 Å². The molecule has 1 saturated heterocycles. The van der Waals surface area contributed by atoms with E-state index in [0.717, 1.165) is 0 Å². The van der Waals surface area contributed by atoms with E-state index in [0.29, 0.717) is 34.0 Å². The van der Waals surface area contributed by atoms with Crippen molar-refractivity contribution in [3.8, 4) is 6.07 Å². The Morgan fingerprint density at radius 1 is 1.17 bits per heavy atom. The van der Waals surface area contributed by atoms with Crippen LogP contribution < -0.4 is 10.2 Å². The van der Waals surface area contributed by atoms with E-state index in [1.807, 2.05) is 0 Å². The molecule has 1 N–H and O–H groups in total. The number of amides is 3.